The van der Waals surface area contributed by atoms with Crippen LogP contribution in [0.15, 0.2) is 84.9 Å². The first-order chi connectivity index (χ1) is 23.4. The maximum Gasteiger partial charge on any atom is 0.261 e. The van der Waals surface area contributed by atoms with Crippen molar-refractivity contribution in [2.24, 2.45) is 5.92 Å². The van der Waals surface area contributed by atoms with Crippen LogP contribution in [0.3, 0.4) is 0 Å². The lowest BCUT2D eigenvalue weighted by molar-refractivity contribution is -0.276. The van der Waals surface area contributed by atoms with E-state index in [-0.39, 0.29) is 43.1 Å². The fourth-order valence-electron chi connectivity index (χ4n) is 7.03. The van der Waals surface area contributed by atoms with Crippen molar-refractivity contribution >= 4 is 11.8 Å². The van der Waals surface area contributed by atoms with Gasteiger partial charge in [-0.15, -0.1) is 0 Å². The Labute approximate surface area is 280 Å². The number of hydrogen-bond donors (Lipinski definition) is 1. The molecule has 0 saturated carbocycles. The Morgan fingerprint density at radius 1 is 0.792 bits per heavy atom. The van der Waals surface area contributed by atoms with E-state index in [1.165, 1.54) is 16.0 Å². The molecule has 3 heterocycles. The monoisotopic (exact) mass is 648 g/mol. The molecule has 1 N–H and O–H groups in total. The van der Waals surface area contributed by atoms with Crippen LogP contribution >= 0.6 is 0 Å². The second kappa shape index (κ2) is 13.5. The number of fused-ring (bicyclic) bond motifs is 2. The van der Waals surface area contributed by atoms with Gasteiger partial charge in [0.2, 0.25) is 0 Å². The van der Waals surface area contributed by atoms with Crippen molar-refractivity contribution in [2.75, 3.05) is 27.3 Å². The van der Waals surface area contributed by atoms with Crippen LogP contribution < -0.4 is 9.47 Å². The summed E-state index contributed by atoms with van der Waals surface area (Å²) < 4.78 is 24.5. The highest BCUT2D eigenvalue weighted by atomic mass is 16.7. The third kappa shape index (κ3) is 6.10. The van der Waals surface area contributed by atoms with Crippen LogP contribution in [0.5, 0.6) is 11.5 Å². The molecule has 3 aliphatic rings. The molecule has 1 fully saturated rings. The van der Waals surface area contributed by atoms with Crippen LogP contribution in [-0.4, -0.2) is 60.1 Å². The number of aliphatic hydroxyl groups excluding tert-OH is 1. The molecule has 9 nitrogen and oxygen atoms in total. The molecule has 0 aliphatic carbocycles. The molecule has 7 rings (SSSR count). The van der Waals surface area contributed by atoms with Crippen LogP contribution in [0.2, 0.25) is 0 Å². The van der Waals surface area contributed by atoms with Crippen molar-refractivity contribution in [3.8, 4) is 11.5 Å². The van der Waals surface area contributed by atoms with E-state index >= 15 is 0 Å². The molecular formula is C39H40N2O7. The minimum atomic E-state index is -0.622. The molecule has 248 valence electrons. The van der Waals surface area contributed by atoms with Gasteiger partial charge in [0.1, 0.15) is 0 Å². The average Bonchev–Trinajstić information content (AvgIpc) is 3.36. The zero-order valence-corrected chi connectivity index (χ0v) is 27.4. The first-order valence-electron chi connectivity index (χ1n) is 16.4. The highest BCUT2D eigenvalue weighted by Gasteiger charge is 2.40. The van der Waals surface area contributed by atoms with Gasteiger partial charge in [-0.1, -0.05) is 67.6 Å². The van der Waals surface area contributed by atoms with Gasteiger partial charge in [0.05, 0.1) is 50.7 Å². The molecule has 0 aromatic heterocycles. The Kier molecular flexibility index (Phi) is 9.02. The lowest BCUT2D eigenvalue weighted by atomic mass is 9.89. The van der Waals surface area contributed by atoms with Gasteiger partial charge in [0.15, 0.2) is 17.8 Å². The minimum absolute atomic E-state index is 0.0180. The first-order valence-corrected chi connectivity index (χ1v) is 16.4. The van der Waals surface area contributed by atoms with Crippen molar-refractivity contribution < 1.29 is 33.6 Å². The van der Waals surface area contributed by atoms with E-state index in [4.69, 9.17) is 18.9 Å². The van der Waals surface area contributed by atoms with E-state index in [9.17, 15) is 14.7 Å². The number of carbonyl (C=O) groups is 2. The number of imide groups is 1. The number of rotatable bonds is 9. The van der Waals surface area contributed by atoms with E-state index in [1.807, 2.05) is 48.5 Å². The summed E-state index contributed by atoms with van der Waals surface area (Å²) in [6.45, 7) is 4.72. The van der Waals surface area contributed by atoms with Gasteiger partial charge in [-0.3, -0.25) is 19.4 Å². The second-order valence-corrected chi connectivity index (χ2v) is 12.8. The third-order valence-corrected chi connectivity index (χ3v) is 9.83. The van der Waals surface area contributed by atoms with Crippen LogP contribution in [-0.2, 0) is 35.6 Å². The number of ether oxygens (including phenoxy) is 4. The summed E-state index contributed by atoms with van der Waals surface area (Å²) in [4.78, 5) is 29.6. The zero-order valence-electron chi connectivity index (χ0n) is 27.4. The number of aliphatic hydroxyl groups is 1. The normalized spacial score (nSPS) is 22.4. The molecular weight excluding hydrogens is 608 g/mol. The first kappa shape index (κ1) is 32.0. The largest absolute Gasteiger partial charge is 0.493 e. The number of hydrogen-bond acceptors (Lipinski definition) is 8. The Morgan fingerprint density at radius 3 is 2.02 bits per heavy atom. The lowest BCUT2D eigenvalue weighted by Crippen LogP contribution is -2.45. The van der Waals surface area contributed by atoms with Gasteiger partial charge in [0.25, 0.3) is 11.8 Å². The predicted molar refractivity (Wildman–Crippen MR) is 179 cm³/mol. The lowest BCUT2D eigenvalue weighted by Gasteiger charge is -2.43. The Hall–Kier alpha value is -4.54. The van der Waals surface area contributed by atoms with Gasteiger partial charge in [-0.25, -0.2) is 0 Å². The van der Waals surface area contributed by atoms with Crippen molar-refractivity contribution in [3.05, 3.63) is 129 Å². The Morgan fingerprint density at radius 2 is 1.40 bits per heavy atom. The number of carbonyl (C=O) groups excluding carboxylic acids is 2. The van der Waals surface area contributed by atoms with Crippen LogP contribution in [0.1, 0.15) is 73.4 Å². The van der Waals surface area contributed by atoms with E-state index in [1.54, 1.807) is 38.5 Å². The molecule has 3 aliphatic heterocycles. The highest BCUT2D eigenvalue weighted by molar-refractivity contribution is 6.21. The fraction of sp³-hybridized carbons (Fsp3) is 0.333. The molecule has 0 spiro atoms. The van der Waals surface area contributed by atoms with Crippen LogP contribution in [0.4, 0.5) is 0 Å². The van der Waals surface area contributed by atoms with Crippen LogP contribution in [0.25, 0.3) is 0 Å². The Bertz CT molecular complexity index is 1770. The summed E-state index contributed by atoms with van der Waals surface area (Å²) in [5.41, 5.74) is 6.95. The van der Waals surface area contributed by atoms with Gasteiger partial charge in [-0.2, -0.15) is 0 Å². The van der Waals surface area contributed by atoms with Gasteiger partial charge < -0.3 is 24.1 Å². The maximum absolute atomic E-state index is 12.9. The number of methoxy groups -OCH3 is 2. The average molecular weight is 649 g/mol. The van der Waals surface area contributed by atoms with E-state index in [2.05, 4.69) is 24.0 Å². The third-order valence-electron chi connectivity index (χ3n) is 9.83. The molecule has 4 atom stereocenters. The van der Waals surface area contributed by atoms with Gasteiger partial charge in [0, 0.05) is 31.1 Å². The van der Waals surface area contributed by atoms with Crippen molar-refractivity contribution in [1.82, 2.24) is 9.80 Å². The van der Waals surface area contributed by atoms with E-state index in [0.29, 0.717) is 11.1 Å². The molecule has 1 saturated heterocycles. The van der Waals surface area contributed by atoms with E-state index < -0.39 is 6.29 Å². The molecule has 0 unspecified atom stereocenters. The summed E-state index contributed by atoms with van der Waals surface area (Å²) in [6, 6.07) is 26.7. The number of nitrogens with zero attached hydrogens (tertiary/aromatic N) is 2. The highest BCUT2D eigenvalue weighted by Crippen LogP contribution is 2.42. The smallest absolute Gasteiger partial charge is 0.261 e. The minimum Gasteiger partial charge on any atom is -0.493 e. The number of amides is 2. The molecule has 2 amide bonds. The summed E-state index contributed by atoms with van der Waals surface area (Å²) in [5, 5.41) is 9.61. The Balaban J connectivity index is 1.11. The summed E-state index contributed by atoms with van der Waals surface area (Å²) in [6.07, 6.45) is -0.0902. The summed E-state index contributed by atoms with van der Waals surface area (Å²) >= 11 is 0. The van der Waals surface area contributed by atoms with Gasteiger partial charge >= 0.3 is 0 Å². The molecule has 0 radical (unpaired) electrons. The predicted octanol–water partition coefficient (Wildman–Crippen LogP) is 5.84. The topological polar surface area (TPSA) is 97.8 Å². The van der Waals surface area contributed by atoms with Gasteiger partial charge in [-0.05, 0) is 58.5 Å². The molecule has 48 heavy (non-hydrogen) atoms. The number of benzene rings is 4. The summed E-state index contributed by atoms with van der Waals surface area (Å²) in [5.74, 6) is 0.971. The van der Waals surface area contributed by atoms with Crippen LogP contribution in [0, 0.1) is 5.92 Å². The second-order valence-electron chi connectivity index (χ2n) is 12.8. The van der Waals surface area contributed by atoms with Crippen molar-refractivity contribution in [3.63, 3.8) is 0 Å². The molecule has 0 bridgehead atoms. The molecule has 4 aromatic rings. The fourth-order valence-corrected chi connectivity index (χ4v) is 7.03. The van der Waals surface area contributed by atoms with Crippen molar-refractivity contribution in [1.29, 1.82) is 0 Å². The maximum atomic E-state index is 12.9. The SMILES string of the molecule is COc1cc2c(cc1OC)CN(C[C@@H]1O[C@H](c3ccc(CN4C(=O)c5ccccc5C4=O)cc3)O[C@H](c3ccc(CO)cc3)[C@@H]1C)CC2. The zero-order chi connectivity index (χ0) is 33.4. The molecule has 9 heteroatoms. The standard InChI is InChI=1S/C39H40N2O7/c1-24-35(22-40-17-16-29-18-33(45-2)34(46-3)19-30(29)21-40)47-39(48-36(24)27-12-10-26(23-42)11-13-27)28-14-8-25(9-15-28)20-41-37(43)31-6-4-5-7-32(31)38(41)44/h4-15,18-19,24,35-36,39,42H,16-17,20-23H2,1-3H3/t24-,35+,36+,39+/m1/s1. The summed E-state index contributed by atoms with van der Waals surface area (Å²) in [7, 11) is 3.32. The van der Waals surface area contributed by atoms with Crippen molar-refractivity contribution in [2.45, 2.75) is 51.5 Å². The van der Waals surface area contributed by atoms with E-state index in [0.717, 1.165) is 59.8 Å². The quantitative estimate of drug-likeness (QED) is 0.226. The molecule has 4 aromatic carbocycles.